The summed E-state index contributed by atoms with van der Waals surface area (Å²) in [6.07, 6.45) is 0. The number of hydrogen-bond donors (Lipinski definition) is 0. The molecule has 0 aliphatic rings. The second-order valence-electron chi connectivity index (χ2n) is 5.64. The molecule has 0 unspecified atom stereocenters. The van der Waals surface area contributed by atoms with E-state index in [-0.39, 0.29) is 0 Å². The predicted octanol–water partition coefficient (Wildman–Crippen LogP) is 4.98. The van der Waals surface area contributed by atoms with Gasteiger partial charge in [-0.25, -0.2) is 0 Å². The van der Waals surface area contributed by atoms with Crippen molar-refractivity contribution >= 4 is 17.7 Å². The van der Waals surface area contributed by atoms with Crippen LogP contribution < -0.4 is 9.13 Å². The van der Waals surface area contributed by atoms with E-state index in [0.29, 0.717) is 6.61 Å². The number of hydrogen-bond acceptors (Lipinski definition) is 1. The van der Waals surface area contributed by atoms with E-state index in [1.807, 2.05) is 18.2 Å². The molecule has 0 spiro atoms. The summed E-state index contributed by atoms with van der Waals surface area (Å²) >= 11 is -1.81. The third-order valence-electron chi connectivity index (χ3n) is 4.75. The zero-order chi connectivity index (χ0) is 15.1. The monoisotopic (exact) mass is 344 g/mol. The van der Waals surface area contributed by atoms with Gasteiger partial charge in [0, 0.05) is 0 Å². The third kappa shape index (κ3) is 3.91. The Morgan fingerprint density at radius 1 is 0.762 bits per heavy atom. The standard InChI is InChI=1S/C19H26GeO/c1-4-20(5-2,6-3)18-12-14-19(15-13-18)21-16-17-10-8-7-9-11-17/h7-15H,4-6,16H2,1-3H3. The van der Waals surface area contributed by atoms with Gasteiger partial charge in [-0.05, 0) is 0 Å². The van der Waals surface area contributed by atoms with Crippen LogP contribution in [0.4, 0.5) is 0 Å². The van der Waals surface area contributed by atoms with Crippen molar-refractivity contribution in [3.05, 3.63) is 60.2 Å². The number of benzene rings is 2. The number of rotatable bonds is 7. The molecule has 0 atom stereocenters. The van der Waals surface area contributed by atoms with Crippen LogP contribution in [-0.2, 0) is 6.61 Å². The molecule has 2 heteroatoms. The first kappa shape index (κ1) is 16.2. The Morgan fingerprint density at radius 2 is 1.33 bits per heavy atom. The summed E-state index contributed by atoms with van der Waals surface area (Å²) in [5, 5.41) is 4.12. The topological polar surface area (TPSA) is 9.23 Å². The fourth-order valence-electron chi connectivity index (χ4n) is 3.01. The molecular weight excluding hydrogens is 317 g/mol. The zero-order valence-electron chi connectivity index (χ0n) is 13.4. The second-order valence-corrected chi connectivity index (χ2v) is 16.7. The minimum atomic E-state index is -1.81. The summed E-state index contributed by atoms with van der Waals surface area (Å²) < 4.78 is 7.50. The summed E-state index contributed by atoms with van der Waals surface area (Å²) in [5.74, 6) is 0.974. The molecular formula is C19H26GeO. The minimum absolute atomic E-state index is 0.641. The Kier molecular flexibility index (Phi) is 5.92. The molecule has 0 aliphatic heterocycles. The van der Waals surface area contributed by atoms with Crippen molar-refractivity contribution in [3.63, 3.8) is 0 Å². The summed E-state index contributed by atoms with van der Waals surface area (Å²) in [6, 6.07) is 19.3. The maximum atomic E-state index is 5.88. The van der Waals surface area contributed by atoms with Crippen molar-refractivity contribution in [2.24, 2.45) is 0 Å². The van der Waals surface area contributed by atoms with Crippen LogP contribution in [0.5, 0.6) is 5.75 Å². The third-order valence-corrected chi connectivity index (χ3v) is 16.5. The van der Waals surface area contributed by atoms with Gasteiger partial charge in [0.15, 0.2) is 0 Å². The van der Waals surface area contributed by atoms with Crippen molar-refractivity contribution in [2.75, 3.05) is 0 Å². The van der Waals surface area contributed by atoms with Gasteiger partial charge in [-0.2, -0.15) is 0 Å². The summed E-state index contributed by atoms with van der Waals surface area (Å²) in [4.78, 5) is 0. The average Bonchev–Trinajstić information content (AvgIpc) is 2.57. The molecule has 0 amide bonds. The molecule has 0 saturated heterocycles. The Balaban J connectivity index is 2.05. The van der Waals surface area contributed by atoms with Crippen molar-refractivity contribution in [2.45, 2.75) is 43.1 Å². The van der Waals surface area contributed by atoms with E-state index in [2.05, 4.69) is 57.2 Å². The molecule has 0 aliphatic carbocycles. The molecule has 21 heavy (non-hydrogen) atoms. The molecule has 112 valence electrons. The molecule has 0 saturated carbocycles. The van der Waals surface area contributed by atoms with E-state index < -0.39 is 13.3 Å². The van der Waals surface area contributed by atoms with Crippen LogP contribution in [0.3, 0.4) is 0 Å². The molecule has 0 radical (unpaired) electrons. The SMILES string of the molecule is C[CH2][Ge]([CH2]C)([CH2]C)[c]1ccc(OCc2ccccc2)cc1. The van der Waals surface area contributed by atoms with Crippen LogP contribution in [-0.4, -0.2) is 13.3 Å². The van der Waals surface area contributed by atoms with Gasteiger partial charge in [0.25, 0.3) is 0 Å². The predicted molar refractivity (Wildman–Crippen MR) is 94.0 cm³/mol. The van der Waals surface area contributed by atoms with E-state index in [9.17, 15) is 0 Å². The fourth-order valence-corrected chi connectivity index (χ4v) is 10.6. The van der Waals surface area contributed by atoms with Crippen LogP contribution in [0.25, 0.3) is 0 Å². The molecule has 2 rings (SSSR count). The zero-order valence-corrected chi connectivity index (χ0v) is 15.5. The Labute approximate surface area is 131 Å². The van der Waals surface area contributed by atoms with Gasteiger partial charge in [-0.15, -0.1) is 0 Å². The molecule has 1 nitrogen and oxygen atoms in total. The first-order chi connectivity index (χ1) is 10.2. The van der Waals surface area contributed by atoms with Crippen molar-refractivity contribution in [1.82, 2.24) is 0 Å². The fraction of sp³-hybridized carbons (Fsp3) is 0.368. The van der Waals surface area contributed by atoms with E-state index in [1.54, 1.807) is 4.40 Å². The van der Waals surface area contributed by atoms with Gasteiger partial charge in [0.05, 0.1) is 0 Å². The van der Waals surface area contributed by atoms with Crippen molar-refractivity contribution in [1.29, 1.82) is 0 Å². The Hall–Kier alpha value is -1.22. The number of ether oxygens (including phenoxy) is 1. The molecule has 0 aromatic heterocycles. The maximum absolute atomic E-state index is 5.88. The Morgan fingerprint density at radius 3 is 1.86 bits per heavy atom. The van der Waals surface area contributed by atoms with E-state index in [4.69, 9.17) is 4.74 Å². The van der Waals surface area contributed by atoms with Crippen LogP contribution in [0.1, 0.15) is 26.3 Å². The summed E-state index contributed by atoms with van der Waals surface area (Å²) in [5.41, 5.74) is 1.21. The van der Waals surface area contributed by atoms with Crippen molar-refractivity contribution < 1.29 is 4.74 Å². The second kappa shape index (κ2) is 7.70. The van der Waals surface area contributed by atoms with Crippen LogP contribution in [0.2, 0.25) is 15.8 Å². The van der Waals surface area contributed by atoms with E-state index >= 15 is 0 Å². The van der Waals surface area contributed by atoms with Crippen LogP contribution >= 0.6 is 0 Å². The van der Waals surface area contributed by atoms with Gasteiger partial charge in [-0.1, -0.05) is 0 Å². The molecule has 0 heterocycles. The molecule has 0 N–H and O–H groups in total. The quantitative estimate of drug-likeness (QED) is 0.645. The first-order valence-corrected chi connectivity index (χ1v) is 13.5. The van der Waals surface area contributed by atoms with Gasteiger partial charge in [-0.3, -0.25) is 0 Å². The first-order valence-electron chi connectivity index (χ1n) is 8.01. The Bertz CT molecular complexity index is 521. The van der Waals surface area contributed by atoms with E-state index in [0.717, 1.165) is 5.75 Å². The summed E-state index contributed by atoms with van der Waals surface area (Å²) in [7, 11) is 0. The van der Waals surface area contributed by atoms with Crippen LogP contribution in [0, 0.1) is 0 Å². The molecule has 0 bridgehead atoms. The molecule has 2 aromatic rings. The van der Waals surface area contributed by atoms with E-state index in [1.165, 1.54) is 21.3 Å². The van der Waals surface area contributed by atoms with Crippen molar-refractivity contribution in [3.8, 4) is 5.75 Å². The molecule has 2 aromatic carbocycles. The van der Waals surface area contributed by atoms with Gasteiger partial charge in [0.1, 0.15) is 0 Å². The molecule has 0 fully saturated rings. The van der Waals surface area contributed by atoms with Gasteiger partial charge >= 0.3 is 131 Å². The normalized spacial score (nSPS) is 11.4. The summed E-state index contributed by atoms with van der Waals surface area (Å²) in [6.45, 7) is 7.74. The van der Waals surface area contributed by atoms with Crippen LogP contribution in [0.15, 0.2) is 54.6 Å². The average molecular weight is 343 g/mol. The van der Waals surface area contributed by atoms with Gasteiger partial charge in [0.2, 0.25) is 0 Å². The van der Waals surface area contributed by atoms with Gasteiger partial charge < -0.3 is 0 Å².